The summed E-state index contributed by atoms with van der Waals surface area (Å²) in [6.45, 7) is 2.71. The third kappa shape index (κ3) is 4.75. The molecule has 1 rings (SSSR count). The number of pyridine rings is 1. The minimum atomic E-state index is -0.389. The van der Waals surface area contributed by atoms with Crippen molar-refractivity contribution in [1.82, 2.24) is 15.6 Å². The summed E-state index contributed by atoms with van der Waals surface area (Å²) < 4.78 is 0. The maximum atomic E-state index is 11.7. The predicted octanol–water partition coefficient (Wildman–Crippen LogP) is 1.03. The van der Waals surface area contributed by atoms with Crippen LogP contribution in [0.3, 0.4) is 0 Å². The summed E-state index contributed by atoms with van der Waals surface area (Å²) in [6.07, 6.45) is 2.37. The molecule has 0 aliphatic heterocycles. The van der Waals surface area contributed by atoms with E-state index >= 15 is 0 Å². The van der Waals surface area contributed by atoms with E-state index in [0.29, 0.717) is 16.4 Å². The highest BCUT2D eigenvalue weighted by Gasteiger charge is 2.10. The number of nitrogens with one attached hydrogen (secondary N) is 3. The Morgan fingerprint density at radius 2 is 2.16 bits per heavy atom. The maximum absolute atomic E-state index is 11.7. The first-order valence-corrected chi connectivity index (χ1v) is 6.34. The third-order valence-electron chi connectivity index (χ3n) is 2.33. The molecule has 0 unspecified atom stereocenters. The molecule has 0 aliphatic rings. The zero-order valence-corrected chi connectivity index (χ0v) is 11.7. The number of rotatable bonds is 6. The smallest absolute Gasteiger partial charge is 0.253 e. The van der Waals surface area contributed by atoms with Crippen LogP contribution in [0.1, 0.15) is 23.7 Å². The Hall–Kier alpha value is -1.82. The van der Waals surface area contributed by atoms with Crippen LogP contribution in [0, 0.1) is 0 Å². The lowest BCUT2D eigenvalue weighted by Gasteiger charge is -2.08. The topological polar surface area (TPSA) is 83.1 Å². The molecular formula is C12H17ClN4O2. The lowest BCUT2D eigenvalue weighted by molar-refractivity contribution is -0.119. The van der Waals surface area contributed by atoms with Gasteiger partial charge < -0.3 is 16.0 Å². The van der Waals surface area contributed by atoms with Crippen molar-refractivity contribution in [1.29, 1.82) is 0 Å². The maximum Gasteiger partial charge on any atom is 0.253 e. The van der Waals surface area contributed by atoms with Crippen LogP contribution in [0.5, 0.6) is 0 Å². The molecule has 0 saturated heterocycles. The van der Waals surface area contributed by atoms with E-state index in [9.17, 15) is 9.59 Å². The van der Waals surface area contributed by atoms with Crippen molar-refractivity contribution in [2.24, 2.45) is 0 Å². The van der Waals surface area contributed by atoms with Crippen molar-refractivity contribution in [2.75, 3.05) is 25.5 Å². The molecule has 0 aliphatic carbocycles. The summed E-state index contributed by atoms with van der Waals surface area (Å²) >= 11 is 6.01. The van der Waals surface area contributed by atoms with E-state index in [1.165, 1.54) is 19.3 Å². The van der Waals surface area contributed by atoms with Crippen LogP contribution in [0.15, 0.2) is 12.3 Å². The Kier molecular flexibility index (Phi) is 6.08. The Morgan fingerprint density at radius 1 is 1.42 bits per heavy atom. The summed E-state index contributed by atoms with van der Waals surface area (Å²) in [5.74, 6) is -0.111. The first-order chi connectivity index (χ1) is 9.08. The number of hydrogen-bond acceptors (Lipinski definition) is 4. The average Bonchev–Trinajstić information content (AvgIpc) is 2.42. The van der Waals surface area contributed by atoms with Gasteiger partial charge in [-0.3, -0.25) is 9.59 Å². The molecule has 0 atom stereocenters. The third-order valence-corrected chi connectivity index (χ3v) is 2.62. The van der Waals surface area contributed by atoms with Gasteiger partial charge in [-0.25, -0.2) is 4.98 Å². The Morgan fingerprint density at radius 3 is 2.74 bits per heavy atom. The molecule has 7 heteroatoms. The minimum Gasteiger partial charge on any atom is -0.369 e. The average molecular weight is 285 g/mol. The van der Waals surface area contributed by atoms with Gasteiger partial charge in [0.2, 0.25) is 5.91 Å². The second-order valence-corrected chi connectivity index (χ2v) is 4.24. The van der Waals surface area contributed by atoms with E-state index in [1.54, 1.807) is 0 Å². The predicted molar refractivity (Wildman–Crippen MR) is 74.4 cm³/mol. The van der Waals surface area contributed by atoms with Crippen LogP contribution in [-0.4, -0.2) is 36.9 Å². The highest BCUT2D eigenvalue weighted by Crippen LogP contribution is 2.19. The van der Waals surface area contributed by atoms with Crippen LogP contribution >= 0.6 is 11.6 Å². The fourth-order valence-corrected chi connectivity index (χ4v) is 1.52. The quantitative estimate of drug-likeness (QED) is 0.729. The number of likely N-dealkylation sites (N-methyl/N-ethyl adjacent to an activating group) is 1. The molecule has 3 N–H and O–H groups in total. The number of carbonyl (C=O) groups is 2. The molecule has 1 aromatic rings. The molecule has 104 valence electrons. The number of anilines is 1. The zero-order chi connectivity index (χ0) is 14.3. The summed E-state index contributed by atoms with van der Waals surface area (Å²) in [5.41, 5.74) is 0.316. The summed E-state index contributed by atoms with van der Waals surface area (Å²) in [7, 11) is 1.50. The van der Waals surface area contributed by atoms with Crippen LogP contribution < -0.4 is 16.0 Å². The molecule has 1 heterocycles. The highest BCUT2D eigenvalue weighted by atomic mass is 35.5. The van der Waals surface area contributed by atoms with Gasteiger partial charge in [0.15, 0.2) is 0 Å². The minimum absolute atomic E-state index is 0.0806. The fourth-order valence-electron chi connectivity index (χ4n) is 1.29. The van der Waals surface area contributed by atoms with Crippen LogP contribution in [0.4, 0.5) is 5.82 Å². The van der Waals surface area contributed by atoms with Crippen molar-refractivity contribution in [2.45, 2.75) is 13.3 Å². The molecule has 6 nitrogen and oxygen atoms in total. The van der Waals surface area contributed by atoms with Crippen LogP contribution in [0.25, 0.3) is 0 Å². The molecule has 0 bridgehead atoms. The van der Waals surface area contributed by atoms with E-state index in [2.05, 4.69) is 20.9 Å². The van der Waals surface area contributed by atoms with Gasteiger partial charge in [0.1, 0.15) is 5.82 Å². The number of nitrogens with zero attached hydrogens (tertiary/aromatic N) is 1. The second kappa shape index (κ2) is 7.58. The van der Waals surface area contributed by atoms with Gasteiger partial charge in [-0.15, -0.1) is 0 Å². The number of hydrogen-bond donors (Lipinski definition) is 3. The van der Waals surface area contributed by atoms with Gasteiger partial charge in [0, 0.05) is 19.8 Å². The number of amides is 2. The highest BCUT2D eigenvalue weighted by molar-refractivity contribution is 6.33. The first-order valence-electron chi connectivity index (χ1n) is 5.96. The van der Waals surface area contributed by atoms with Crippen molar-refractivity contribution >= 4 is 29.2 Å². The lowest BCUT2D eigenvalue weighted by Crippen LogP contribution is -2.35. The molecule has 1 aromatic heterocycles. The van der Waals surface area contributed by atoms with Crippen LogP contribution in [-0.2, 0) is 4.79 Å². The van der Waals surface area contributed by atoms with E-state index in [1.807, 2.05) is 6.92 Å². The van der Waals surface area contributed by atoms with E-state index in [0.717, 1.165) is 13.0 Å². The van der Waals surface area contributed by atoms with Gasteiger partial charge in [0.05, 0.1) is 17.1 Å². The van der Waals surface area contributed by atoms with E-state index < -0.39 is 0 Å². The first kappa shape index (κ1) is 15.2. The normalized spacial score (nSPS) is 9.84. The van der Waals surface area contributed by atoms with Gasteiger partial charge >= 0.3 is 0 Å². The number of halogens is 1. The summed E-state index contributed by atoms with van der Waals surface area (Å²) in [4.78, 5) is 26.8. The Bertz CT molecular complexity index is 465. The SMILES string of the molecule is CCCNc1ncc(C(=O)NCC(=O)NC)cc1Cl. The lowest BCUT2D eigenvalue weighted by atomic mass is 10.2. The van der Waals surface area contributed by atoms with E-state index in [4.69, 9.17) is 11.6 Å². The van der Waals surface area contributed by atoms with Crippen molar-refractivity contribution in [3.8, 4) is 0 Å². The summed E-state index contributed by atoms with van der Waals surface area (Å²) in [6, 6.07) is 1.52. The summed E-state index contributed by atoms with van der Waals surface area (Å²) in [5, 5.41) is 8.30. The molecule has 0 spiro atoms. The molecule has 0 radical (unpaired) electrons. The fraction of sp³-hybridized carbons (Fsp3) is 0.417. The molecule has 0 saturated carbocycles. The van der Waals surface area contributed by atoms with Gasteiger partial charge in [-0.1, -0.05) is 18.5 Å². The van der Waals surface area contributed by atoms with E-state index in [-0.39, 0.29) is 18.4 Å². The zero-order valence-electron chi connectivity index (χ0n) is 10.9. The number of carbonyl (C=O) groups excluding carboxylic acids is 2. The van der Waals surface area contributed by atoms with Crippen molar-refractivity contribution in [3.63, 3.8) is 0 Å². The van der Waals surface area contributed by atoms with Crippen molar-refractivity contribution < 1.29 is 9.59 Å². The van der Waals surface area contributed by atoms with Gasteiger partial charge in [0.25, 0.3) is 5.91 Å². The Balaban J connectivity index is 2.66. The molecule has 0 fully saturated rings. The molecule has 19 heavy (non-hydrogen) atoms. The molecule has 2 amide bonds. The van der Waals surface area contributed by atoms with Gasteiger partial charge in [-0.05, 0) is 12.5 Å². The van der Waals surface area contributed by atoms with Crippen molar-refractivity contribution in [3.05, 3.63) is 22.8 Å². The molecule has 0 aromatic carbocycles. The Labute approximate surface area is 116 Å². The van der Waals surface area contributed by atoms with Gasteiger partial charge in [-0.2, -0.15) is 0 Å². The molecular weight excluding hydrogens is 268 g/mol. The van der Waals surface area contributed by atoms with Crippen LogP contribution in [0.2, 0.25) is 5.02 Å². The largest absolute Gasteiger partial charge is 0.369 e. The number of aromatic nitrogens is 1. The standard InChI is InChI=1S/C12H17ClN4O2/c1-3-4-15-11-9(13)5-8(6-16-11)12(19)17-7-10(18)14-2/h5-6H,3-4,7H2,1-2H3,(H,14,18)(H,15,16)(H,17,19). The second-order valence-electron chi connectivity index (χ2n) is 3.84. The monoisotopic (exact) mass is 284 g/mol.